The van der Waals surface area contributed by atoms with Gasteiger partial charge >= 0.3 is 14.8 Å². The smallest absolute Gasteiger partial charge is 0.465 e. The average Bonchev–Trinajstić information content (AvgIpc) is 3.19. The van der Waals surface area contributed by atoms with E-state index in [0.717, 1.165) is 25.6 Å². The summed E-state index contributed by atoms with van der Waals surface area (Å²) in [6.45, 7) is 11.6. The van der Waals surface area contributed by atoms with Gasteiger partial charge in [-0.1, -0.05) is 0 Å². The second-order valence-electron chi connectivity index (χ2n) is 4.85. The van der Waals surface area contributed by atoms with Gasteiger partial charge in [0, 0.05) is 32.4 Å². The summed E-state index contributed by atoms with van der Waals surface area (Å²) in [6, 6.07) is 0.737. The molecule has 0 amide bonds. The summed E-state index contributed by atoms with van der Waals surface area (Å²) in [5.41, 5.74) is 0. The first-order chi connectivity index (χ1) is 10.1. The van der Waals surface area contributed by atoms with Crippen molar-refractivity contribution in [3.63, 3.8) is 0 Å². The van der Waals surface area contributed by atoms with Crippen LogP contribution in [0, 0.1) is 0 Å². The van der Waals surface area contributed by atoms with Crippen LogP contribution in [0.5, 0.6) is 0 Å². The zero-order valence-electron chi connectivity index (χ0n) is 13.7. The summed E-state index contributed by atoms with van der Waals surface area (Å²) in [4.78, 5) is 13.7. The quantitative estimate of drug-likeness (QED) is 0.310. The van der Waals surface area contributed by atoms with Gasteiger partial charge in [0.15, 0.2) is 0 Å². The van der Waals surface area contributed by atoms with Crippen LogP contribution in [0.1, 0.15) is 34.1 Å². The Morgan fingerprint density at radius 2 is 1.62 bits per heavy atom. The van der Waals surface area contributed by atoms with Gasteiger partial charge in [-0.2, -0.15) is 0 Å². The van der Waals surface area contributed by atoms with Crippen molar-refractivity contribution in [3.8, 4) is 0 Å². The van der Waals surface area contributed by atoms with Gasteiger partial charge in [-0.05, 0) is 40.7 Å². The molecule has 0 saturated carbocycles. The number of nitrogens with zero attached hydrogens (tertiary/aromatic N) is 1. The lowest BCUT2D eigenvalue weighted by Gasteiger charge is -2.28. The summed E-state index contributed by atoms with van der Waals surface area (Å²) < 4.78 is 22.4. The highest BCUT2D eigenvalue weighted by molar-refractivity contribution is 6.60. The standard InChI is InChI=1S/C14H29NO5Si/c1-5-17-14(16)13-12-15(13)10-9-11-21(18-6-2,19-7-3)20-8-4/h13H,5-12H2,1-4H3. The first kappa shape index (κ1) is 18.6. The van der Waals surface area contributed by atoms with Crippen molar-refractivity contribution in [1.29, 1.82) is 0 Å². The van der Waals surface area contributed by atoms with Crippen molar-refractivity contribution < 1.29 is 22.8 Å². The third-order valence-corrected chi connectivity index (χ3v) is 6.45. The molecule has 1 fully saturated rings. The Balaban J connectivity index is 2.35. The monoisotopic (exact) mass is 319 g/mol. The molecule has 1 heterocycles. The topological polar surface area (TPSA) is 57.0 Å². The minimum absolute atomic E-state index is 0.0488. The molecule has 0 radical (unpaired) electrons. The Morgan fingerprint density at radius 3 is 2.10 bits per heavy atom. The van der Waals surface area contributed by atoms with Gasteiger partial charge in [0.1, 0.15) is 6.04 Å². The molecule has 0 aromatic heterocycles. The fraction of sp³-hybridized carbons (Fsp3) is 0.929. The SMILES string of the molecule is CCOC(=O)C1CN1CCC[Si](OCC)(OCC)OCC. The van der Waals surface area contributed by atoms with E-state index < -0.39 is 8.80 Å². The highest BCUT2D eigenvalue weighted by Gasteiger charge is 2.43. The summed E-state index contributed by atoms with van der Waals surface area (Å²) >= 11 is 0. The van der Waals surface area contributed by atoms with Gasteiger partial charge in [-0.25, -0.2) is 0 Å². The van der Waals surface area contributed by atoms with Crippen LogP contribution in [0.25, 0.3) is 0 Å². The molecule has 0 bridgehead atoms. The number of hydrogen-bond acceptors (Lipinski definition) is 6. The summed E-state index contributed by atoms with van der Waals surface area (Å²) in [5, 5.41) is 0. The molecule has 0 spiro atoms. The number of carbonyl (C=O) groups is 1. The minimum Gasteiger partial charge on any atom is -0.465 e. The molecule has 7 heteroatoms. The van der Waals surface area contributed by atoms with Crippen molar-refractivity contribution in [3.05, 3.63) is 0 Å². The van der Waals surface area contributed by atoms with E-state index in [-0.39, 0.29) is 12.0 Å². The number of esters is 1. The predicted molar refractivity (Wildman–Crippen MR) is 82.1 cm³/mol. The molecule has 2 atom stereocenters. The minimum atomic E-state index is -2.54. The third-order valence-electron chi connectivity index (χ3n) is 3.29. The maximum atomic E-state index is 11.6. The Bertz CT molecular complexity index is 299. The van der Waals surface area contributed by atoms with Gasteiger partial charge in [0.2, 0.25) is 0 Å². The van der Waals surface area contributed by atoms with Crippen LogP contribution in [0.2, 0.25) is 6.04 Å². The highest BCUT2D eigenvalue weighted by atomic mass is 28.4. The molecule has 1 aliphatic rings. The fourth-order valence-corrected chi connectivity index (χ4v) is 4.98. The first-order valence-corrected chi connectivity index (χ1v) is 9.88. The van der Waals surface area contributed by atoms with E-state index in [0.29, 0.717) is 26.4 Å². The summed E-state index contributed by atoms with van der Waals surface area (Å²) in [7, 11) is -2.54. The van der Waals surface area contributed by atoms with Crippen LogP contribution in [-0.2, 0) is 22.8 Å². The van der Waals surface area contributed by atoms with Crippen LogP contribution in [0.15, 0.2) is 0 Å². The molecule has 6 nitrogen and oxygen atoms in total. The van der Waals surface area contributed by atoms with Crippen molar-refractivity contribution in [2.75, 3.05) is 39.5 Å². The number of hydrogen-bond donors (Lipinski definition) is 0. The lowest BCUT2D eigenvalue weighted by molar-refractivity contribution is -0.143. The molecule has 0 aromatic rings. The van der Waals surface area contributed by atoms with E-state index in [9.17, 15) is 4.79 Å². The first-order valence-electron chi connectivity index (χ1n) is 7.94. The molecule has 0 N–H and O–H groups in total. The molecule has 0 aliphatic carbocycles. The van der Waals surface area contributed by atoms with E-state index in [4.69, 9.17) is 18.0 Å². The average molecular weight is 319 g/mol. The Hall–Kier alpha value is -0.473. The number of carbonyl (C=O) groups excluding carboxylic acids is 1. The van der Waals surface area contributed by atoms with E-state index in [1.54, 1.807) is 0 Å². The lowest BCUT2D eigenvalue weighted by Crippen LogP contribution is -2.46. The summed E-state index contributed by atoms with van der Waals surface area (Å²) in [6.07, 6.45) is 0.905. The molecule has 1 saturated heterocycles. The van der Waals surface area contributed by atoms with Crippen LogP contribution in [0.4, 0.5) is 0 Å². The maximum Gasteiger partial charge on any atom is 0.500 e. The Morgan fingerprint density at radius 1 is 1.05 bits per heavy atom. The molecule has 124 valence electrons. The van der Waals surface area contributed by atoms with Crippen molar-refractivity contribution in [2.24, 2.45) is 0 Å². The normalized spacial score (nSPS) is 21.3. The molecule has 0 aromatic carbocycles. The second-order valence-corrected chi connectivity index (χ2v) is 7.58. The predicted octanol–water partition coefficient (Wildman–Crippen LogP) is 1.67. The summed E-state index contributed by atoms with van der Waals surface area (Å²) in [5.74, 6) is -0.111. The molecular formula is C14H29NO5Si. The molecule has 1 aliphatic heterocycles. The zero-order valence-corrected chi connectivity index (χ0v) is 14.7. The van der Waals surface area contributed by atoms with E-state index in [2.05, 4.69) is 4.90 Å². The fourth-order valence-electron chi connectivity index (χ4n) is 2.38. The number of ether oxygens (including phenoxy) is 1. The third kappa shape index (κ3) is 6.04. The van der Waals surface area contributed by atoms with Gasteiger partial charge in [0.25, 0.3) is 0 Å². The second kappa shape index (κ2) is 9.53. The van der Waals surface area contributed by atoms with E-state index in [1.807, 2.05) is 27.7 Å². The van der Waals surface area contributed by atoms with Crippen molar-refractivity contribution >= 4 is 14.8 Å². The van der Waals surface area contributed by atoms with Gasteiger partial charge in [-0.3, -0.25) is 9.69 Å². The number of rotatable bonds is 12. The molecule has 1 rings (SSSR count). The van der Waals surface area contributed by atoms with Crippen molar-refractivity contribution in [1.82, 2.24) is 4.90 Å². The molecule has 21 heavy (non-hydrogen) atoms. The maximum absolute atomic E-state index is 11.6. The van der Waals surface area contributed by atoms with Gasteiger partial charge < -0.3 is 18.0 Å². The Labute approximate surface area is 129 Å². The van der Waals surface area contributed by atoms with Crippen LogP contribution in [0.3, 0.4) is 0 Å². The van der Waals surface area contributed by atoms with E-state index in [1.165, 1.54) is 0 Å². The Kier molecular flexibility index (Phi) is 8.43. The molecular weight excluding hydrogens is 290 g/mol. The highest BCUT2D eigenvalue weighted by Crippen LogP contribution is 2.23. The van der Waals surface area contributed by atoms with Gasteiger partial charge in [0.05, 0.1) is 6.61 Å². The zero-order chi connectivity index (χ0) is 15.7. The van der Waals surface area contributed by atoms with Gasteiger partial charge in [-0.15, -0.1) is 0 Å². The van der Waals surface area contributed by atoms with Crippen molar-refractivity contribution in [2.45, 2.75) is 46.2 Å². The van der Waals surface area contributed by atoms with Crippen LogP contribution in [-0.4, -0.2) is 65.2 Å². The molecule has 2 unspecified atom stereocenters. The lowest BCUT2D eigenvalue weighted by atomic mass is 10.4. The van der Waals surface area contributed by atoms with E-state index >= 15 is 0 Å². The van der Waals surface area contributed by atoms with Crippen LogP contribution >= 0.6 is 0 Å². The van der Waals surface area contributed by atoms with Crippen LogP contribution < -0.4 is 0 Å². The largest absolute Gasteiger partial charge is 0.500 e.